The molecule has 0 aromatic carbocycles. The summed E-state index contributed by atoms with van der Waals surface area (Å²) in [5.74, 6) is 1.61. The molecule has 1 nitrogen and oxygen atoms in total. The minimum absolute atomic E-state index is 0.802. The van der Waals surface area contributed by atoms with Crippen molar-refractivity contribution in [1.29, 1.82) is 0 Å². The summed E-state index contributed by atoms with van der Waals surface area (Å²) < 4.78 is 5.33. The topological polar surface area (TPSA) is 9.23 Å². The molecular weight excluding hydrogens is 136 g/mol. The average molecular weight is 148 g/mol. The second kappa shape index (κ2) is 3.24. The van der Waals surface area contributed by atoms with Gasteiger partial charge < -0.3 is 4.74 Å². The minimum atomic E-state index is 0.802. The Morgan fingerprint density at radius 2 is 1.91 bits per heavy atom. The van der Waals surface area contributed by atoms with E-state index in [4.69, 9.17) is 4.74 Å². The van der Waals surface area contributed by atoms with Crippen LogP contribution in [0.2, 0.25) is 0 Å². The van der Waals surface area contributed by atoms with Crippen LogP contribution in [0.25, 0.3) is 0 Å². The predicted octanol–water partition coefficient (Wildman–Crippen LogP) is 2.94. The second-order valence-electron chi connectivity index (χ2n) is 2.44. The molecular formula is C10H12O. The minimum Gasteiger partial charge on any atom is -0.462 e. The summed E-state index contributed by atoms with van der Waals surface area (Å²) in [6.07, 6.45) is 5.35. The fourth-order valence-electron chi connectivity index (χ4n) is 1.04. The molecule has 0 amide bonds. The third kappa shape index (κ3) is 1.61. The van der Waals surface area contributed by atoms with Gasteiger partial charge in [0.1, 0.15) is 5.76 Å². The monoisotopic (exact) mass is 148 g/mol. The van der Waals surface area contributed by atoms with Gasteiger partial charge in [0, 0.05) is 6.42 Å². The molecule has 0 saturated heterocycles. The number of hydrogen-bond acceptors (Lipinski definition) is 1. The zero-order valence-corrected chi connectivity index (χ0v) is 6.60. The number of hydrogen-bond donors (Lipinski definition) is 0. The van der Waals surface area contributed by atoms with Crippen molar-refractivity contribution >= 4 is 0 Å². The molecule has 1 heterocycles. The lowest BCUT2D eigenvalue weighted by atomic mass is 10.1. The number of ether oxygens (including phenoxy) is 1. The molecule has 1 aliphatic heterocycles. The summed E-state index contributed by atoms with van der Waals surface area (Å²) in [5, 5.41) is 0. The van der Waals surface area contributed by atoms with E-state index in [9.17, 15) is 0 Å². The molecule has 0 N–H and O–H groups in total. The molecule has 11 heavy (non-hydrogen) atoms. The Kier molecular flexibility index (Phi) is 2.32. The molecule has 0 aromatic rings. The Morgan fingerprint density at radius 3 is 2.45 bits per heavy atom. The summed E-state index contributed by atoms with van der Waals surface area (Å²) in [4.78, 5) is 0. The summed E-state index contributed by atoms with van der Waals surface area (Å²) in [6.45, 7) is 11.1. The fourth-order valence-corrected chi connectivity index (χ4v) is 1.04. The van der Waals surface area contributed by atoms with Crippen LogP contribution >= 0.6 is 0 Å². The molecule has 1 rings (SSSR count). The maximum atomic E-state index is 5.33. The van der Waals surface area contributed by atoms with Crippen molar-refractivity contribution in [2.45, 2.75) is 12.8 Å². The quantitative estimate of drug-likeness (QED) is 0.585. The number of allylic oxidation sites excluding steroid dienone is 4. The van der Waals surface area contributed by atoms with E-state index in [1.54, 1.807) is 6.08 Å². The van der Waals surface area contributed by atoms with Crippen molar-refractivity contribution in [3.8, 4) is 0 Å². The van der Waals surface area contributed by atoms with Gasteiger partial charge in [-0.1, -0.05) is 25.8 Å². The van der Waals surface area contributed by atoms with Gasteiger partial charge in [0.2, 0.25) is 0 Å². The molecule has 1 aliphatic rings. The Morgan fingerprint density at radius 1 is 1.18 bits per heavy atom. The molecule has 58 valence electrons. The van der Waals surface area contributed by atoms with Gasteiger partial charge in [0.25, 0.3) is 0 Å². The second-order valence-corrected chi connectivity index (χ2v) is 2.44. The van der Waals surface area contributed by atoms with Crippen molar-refractivity contribution in [3.63, 3.8) is 0 Å². The molecule has 0 aliphatic carbocycles. The lowest BCUT2D eigenvalue weighted by Gasteiger charge is -2.18. The van der Waals surface area contributed by atoms with Gasteiger partial charge in [0.05, 0.1) is 5.76 Å². The van der Waals surface area contributed by atoms with Crippen LogP contribution in [0.15, 0.2) is 49.0 Å². The van der Waals surface area contributed by atoms with Crippen molar-refractivity contribution < 1.29 is 4.74 Å². The smallest absolute Gasteiger partial charge is 0.129 e. The van der Waals surface area contributed by atoms with E-state index < -0.39 is 0 Å². The standard InChI is InChI=1S/C10H12O/c1-4-9-7-6-8(3)11-10(9)5-2/h4-5H,1-3,6-7H2. The first-order chi connectivity index (χ1) is 5.27. The third-order valence-corrected chi connectivity index (χ3v) is 1.68. The average Bonchev–Trinajstić information content (AvgIpc) is 2.04. The molecule has 1 heteroatoms. The normalized spacial score (nSPS) is 17.6. The predicted molar refractivity (Wildman–Crippen MR) is 46.9 cm³/mol. The van der Waals surface area contributed by atoms with Crippen LogP contribution in [0.3, 0.4) is 0 Å². The van der Waals surface area contributed by atoms with Gasteiger partial charge in [-0.2, -0.15) is 0 Å². The van der Waals surface area contributed by atoms with E-state index in [0.717, 1.165) is 29.9 Å². The molecule has 0 unspecified atom stereocenters. The first-order valence-electron chi connectivity index (χ1n) is 3.61. The molecule has 0 fully saturated rings. The highest BCUT2D eigenvalue weighted by molar-refractivity contribution is 5.30. The summed E-state index contributed by atoms with van der Waals surface area (Å²) in [7, 11) is 0. The van der Waals surface area contributed by atoms with Crippen LogP contribution in [-0.2, 0) is 4.74 Å². The highest BCUT2D eigenvalue weighted by Crippen LogP contribution is 2.25. The maximum absolute atomic E-state index is 5.33. The maximum Gasteiger partial charge on any atom is 0.129 e. The Labute approximate surface area is 67.4 Å². The molecule has 0 atom stereocenters. The summed E-state index contributed by atoms with van der Waals surface area (Å²) in [6, 6.07) is 0. The molecule has 0 saturated carbocycles. The van der Waals surface area contributed by atoms with Gasteiger partial charge in [-0.3, -0.25) is 0 Å². The van der Waals surface area contributed by atoms with E-state index in [2.05, 4.69) is 19.7 Å². The molecule has 0 radical (unpaired) electrons. The van der Waals surface area contributed by atoms with E-state index >= 15 is 0 Å². The van der Waals surface area contributed by atoms with Crippen LogP contribution in [0, 0.1) is 0 Å². The van der Waals surface area contributed by atoms with Gasteiger partial charge in [-0.05, 0) is 18.1 Å². The third-order valence-electron chi connectivity index (χ3n) is 1.68. The van der Waals surface area contributed by atoms with Gasteiger partial charge >= 0.3 is 0 Å². The Hall–Kier alpha value is -1.24. The van der Waals surface area contributed by atoms with E-state index in [0.29, 0.717) is 0 Å². The van der Waals surface area contributed by atoms with Crippen molar-refractivity contribution in [2.24, 2.45) is 0 Å². The van der Waals surface area contributed by atoms with Crippen LogP contribution in [-0.4, -0.2) is 0 Å². The molecule has 0 aromatic heterocycles. The summed E-state index contributed by atoms with van der Waals surface area (Å²) in [5.41, 5.74) is 1.12. The molecule has 0 spiro atoms. The van der Waals surface area contributed by atoms with Crippen molar-refractivity contribution in [1.82, 2.24) is 0 Å². The van der Waals surface area contributed by atoms with Crippen LogP contribution in [0.4, 0.5) is 0 Å². The van der Waals surface area contributed by atoms with Gasteiger partial charge in [-0.25, -0.2) is 0 Å². The van der Waals surface area contributed by atoms with Crippen molar-refractivity contribution in [3.05, 3.63) is 49.0 Å². The zero-order valence-electron chi connectivity index (χ0n) is 6.60. The summed E-state index contributed by atoms with van der Waals surface area (Å²) >= 11 is 0. The van der Waals surface area contributed by atoms with E-state index in [-0.39, 0.29) is 0 Å². The highest BCUT2D eigenvalue weighted by Gasteiger charge is 2.10. The van der Waals surface area contributed by atoms with Gasteiger partial charge in [-0.15, -0.1) is 0 Å². The van der Waals surface area contributed by atoms with E-state index in [1.807, 2.05) is 6.08 Å². The van der Waals surface area contributed by atoms with Crippen molar-refractivity contribution in [2.75, 3.05) is 0 Å². The Bertz CT molecular complexity index is 233. The highest BCUT2D eigenvalue weighted by atomic mass is 16.5. The fraction of sp³-hybridized carbons (Fsp3) is 0.200. The van der Waals surface area contributed by atoms with Crippen LogP contribution < -0.4 is 0 Å². The number of rotatable bonds is 2. The lowest BCUT2D eigenvalue weighted by Crippen LogP contribution is -2.01. The van der Waals surface area contributed by atoms with E-state index in [1.165, 1.54) is 0 Å². The first kappa shape index (κ1) is 7.86. The first-order valence-corrected chi connectivity index (χ1v) is 3.61. The zero-order chi connectivity index (χ0) is 8.27. The SMILES string of the molecule is C=CC1=C(C=C)OC(=C)CC1. The van der Waals surface area contributed by atoms with Gasteiger partial charge in [0.15, 0.2) is 0 Å². The van der Waals surface area contributed by atoms with Crippen LogP contribution in [0.1, 0.15) is 12.8 Å². The lowest BCUT2D eigenvalue weighted by molar-refractivity contribution is 0.286. The van der Waals surface area contributed by atoms with Crippen LogP contribution in [0.5, 0.6) is 0 Å². The Balaban J connectivity index is 2.91. The molecule has 0 bridgehead atoms. The largest absolute Gasteiger partial charge is 0.462 e.